The van der Waals surface area contributed by atoms with E-state index in [1.54, 1.807) is 0 Å². The standard InChI is InChI=1S/C21H25ClN2O2/c22-19-8-6-18(7-9-19)20(17-4-2-1-3-5-17)16-21(25)23-10-11-24-12-14-26-15-13-24/h1-9,20H,10-16H2,(H,23,25). The average molecular weight is 373 g/mol. The van der Waals surface area contributed by atoms with E-state index < -0.39 is 0 Å². The second-order valence-electron chi connectivity index (χ2n) is 6.52. The monoisotopic (exact) mass is 372 g/mol. The molecule has 1 N–H and O–H groups in total. The highest BCUT2D eigenvalue weighted by atomic mass is 35.5. The number of benzene rings is 2. The van der Waals surface area contributed by atoms with Crippen LogP contribution in [0.2, 0.25) is 5.02 Å². The maximum absolute atomic E-state index is 12.5. The first-order chi connectivity index (χ1) is 12.7. The highest BCUT2D eigenvalue weighted by molar-refractivity contribution is 6.30. The van der Waals surface area contributed by atoms with Gasteiger partial charge in [0.05, 0.1) is 13.2 Å². The normalized spacial score (nSPS) is 16.2. The molecule has 1 amide bonds. The van der Waals surface area contributed by atoms with Crippen LogP contribution in [0.25, 0.3) is 0 Å². The van der Waals surface area contributed by atoms with Crippen molar-refractivity contribution in [2.75, 3.05) is 39.4 Å². The van der Waals surface area contributed by atoms with Gasteiger partial charge in [0, 0.05) is 43.5 Å². The predicted octanol–water partition coefficient (Wildman–Crippen LogP) is 3.31. The molecule has 26 heavy (non-hydrogen) atoms. The molecule has 2 aromatic rings. The molecule has 1 heterocycles. The van der Waals surface area contributed by atoms with E-state index in [4.69, 9.17) is 16.3 Å². The van der Waals surface area contributed by atoms with E-state index in [1.165, 1.54) is 0 Å². The highest BCUT2D eigenvalue weighted by Crippen LogP contribution is 2.28. The lowest BCUT2D eigenvalue weighted by Gasteiger charge is -2.26. The highest BCUT2D eigenvalue weighted by Gasteiger charge is 2.18. The van der Waals surface area contributed by atoms with E-state index >= 15 is 0 Å². The number of hydrogen-bond donors (Lipinski definition) is 1. The summed E-state index contributed by atoms with van der Waals surface area (Å²) >= 11 is 6.02. The number of halogens is 1. The van der Waals surface area contributed by atoms with Gasteiger partial charge >= 0.3 is 0 Å². The number of amides is 1. The van der Waals surface area contributed by atoms with Crippen molar-refractivity contribution in [3.8, 4) is 0 Å². The summed E-state index contributed by atoms with van der Waals surface area (Å²) in [5.41, 5.74) is 2.24. The Morgan fingerprint density at radius 2 is 1.69 bits per heavy atom. The van der Waals surface area contributed by atoms with Gasteiger partial charge in [-0.05, 0) is 23.3 Å². The van der Waals surface area contributed by atoms with Crippen molar-refractivity contribution >= 4 is 17.5 Å². The van der Waals surface area contributed by atoms with Gasteiger partial charge in [0.2, 0.25) is 5.91 Å². The average Bonchev–Trinajstić information content (AvgIpc) is 2.68. The van der Waals surface area contributed by atoms with Crippen LogP contribution in [-0.2, 0) is 9.53 Å². The zero-order valence-corrected chi connectivity index (χ0v) is 15.6. The van der Waals surface area contributed by atoms with Crippen molar-refractivity contribution in [1.29, 1.82) is 0 Å². The summed E-state index contributed by atoms with van der Waals surface area (Å²) in [5, 5.41) is 3.77. The zero-order valence-electron chi connectivity index (χ0n) is 14.9. The third-order valence-corrected chi connectivity index (χ3v) is 4.97. The molecule has 0 aromatic heterocycles. The van der Waals surface area contributed by atoms with Gasteiger partial charge in [-0.3, -0.25) is 9.69 Å². The first-order valence-corrected chi connectivity index (χ1v) is 9.47. The van der Waals surface area contributed by atoms with E-state index in [1.807, 2.05) is 42.5 Å². The van der Waals surface area contributed by atoms with Crippen molar-refractivity contribution in [2.24, 2.45) is 0 Å². The van der Waals surface area contributed by atoms with Crippen molar-refractivity contribution in [3.05, 3.63) is 70.7 Å². The van der Waals surface area contributed by atoms with Gasteiger partial charge in [-0.1, -0.05) is 54.1 Å². The molecule has 1 fully saturated rings. The minimum absolute atomic E-state index is 0.0249. The Labute approximate surface area is 160 Å². The van der Waals surface area contributed by atoms with Gasteiger partial charge in [0.1, 0.15) is 0 Å². The Morgan fingerprint density at radius 1 is 1.04 bits per heavy atom. The lowest BCUT2D eigenvalue weighted by atomic mass is 9.88. The molecule has 1 aliphatic rings. The third-order valence-electron chi connectivity index (χ3n) is 4.72. The van der Waals surface area contributed by atoms with Crippen LogP contribution >= 0.6 is 11.6 Å². The molecular weight excluding hydrogens is 348 g/mol. The van der Waals surface area contributed by atoms with Crippen LogP contribution in [0.1, 0.15) is 23.5 Å². The van der Waals surface area contributed by atoms with Gasteiger partial charge in [-0.2, -0.15) is 0 Å². The Bertz CT molecular complexity index is 685. The van der Waals surface area contributed by atoms with Crippen molar-refractivity contribution in [1.82, 2.24) is 10.2 Å². The molecule has 0 spiro atoms. The molecule has 1 saturated heterocycles. The molecule has 1 unspecified atom stereocenters. The van der Waals surface area contributed by atoms with Gasteiger partial charge in [0.25, 0.3) is 0 Å². The van der Waals surface area contributed by atoms with Crippen molar-refractivity contribution < 1.29 is 9.53 Å². The van der Waals surface area contributed by atoms with E-state index in [-0.39, 0.29) is 11.8 Å². The smallest absolute Gasteiger partial charge is 0.220 e. The molecule has 0 saturated carbocycles. The molecule has 4 nitrogen and oxygen atoms in total. The lowest BCUT2D eigenvalue weighted by Crippen LogP contribution is -2.41. The largest absolute Gasteiger partial charge is 0.379 e. The summed E-state index contributed by atoms with van der Waals surface area (Å²) in [6.07, 6.45) is 0.425. The summed E-state index contributed by atoms with van der Waals surface area (Å²) in [6.45, 7) is 4.97. The fourth-order valence-electron chi connectivity index (χ4n) is 3.24. The summed E-state index contributed by atoms with van der Waals surface area (Å²) in [4.78, 5) is 14.8. The number of morpholine rings is 1. The van der Waals surface area contributed by atoms with Crippen molar-refractivity contribution in [2.45, 2.75) is 12.3 Å². The number of rotatable bonds is 7. The minimum atomic E-state index is 0.0249. The molecule has 1 atom stereocenters. The zero-order chi connectivity index (χ0) is 18.2. The van der Waals surface area contributed by atoms with Crippen LogP contribution in [0.15, 0.2) is 54.6 Å². The Hall–Kier alpha value is -1.88. The second-order valence-corrected chi connectivity index (χ2v) is 6.96. The Morgan fingerprint density at radius 3 is 2.38 bits per heavy atom. The fourth-order valence-corrected chi connectivity index (χ4v) is 3.37. The first kappa shape index (κ1) is 18.9. The summed E-state index contributed by atoms with van der Waals surface area (Å²) in [5.74, 6) is 0.0962. The lowest BCUT2D eigenvalue weighted by molar-refractivity contribution is -0.121. The third kappa shape index (κ3) is 5.56. The number of carbonyl (C=O) groups is 1. The van der Waals surface area contributed by atoms with Crippen molar-refractivity contribution in [3.63, 3.8) is 0 Å². The molecule has 5 heteroatoms. The van der Waals surface area contributed by atoms with Gasteiger partial charge in [-0.25, -0.2) is 0 Å². The van der Waals surface area contributed by atoms with Crippen LogP contribution in [0.5, 0.6) is 0 Å². The molecule has 2 aromatic carbocycles. The molecular formula is C21H25ClN2O2. The quantitative estimate of drug-likeness (QED) is 0.810. The van der Waals surface area contributed by atoms with Gasteiger partial charge in [0.15, 0.2) is 0 Å². The fraction of sp³-hybridized carbons (Fsp3) is 0.381. The molecule has 1 aliphatic heterocycles. The number of hydrogen-bond acceptors (Lipinski definition) is 3. The molecule has 3 rings (SSSR count). The molecule has 0 radical (unpaired) electrons. The summed E-state index contributed by atoms with van der Waals surface area (Å²) in [6, 6.07) is 17.9. The number of nitrogens with zero attached hydrogens (tertiary/aromatic N) is 1. The van der Waals surface area contributed by atoms with Crippen LogP contribution in [0.3, 0.4) is 0 Å². The Balaban J connectivity index is 1.60. The number of nitrogens with one attached hydrogen (secondary N) is 1. The van der Waals surface area contributed by atoms with Gasteiger partial charge < -0.3 is 10.1 Å². The van der Waals surface area contributed by atoms with Crippen LogP contribution < -0.4 is 5.32 Å². The van der Waals surface area contributed by atoms with E-state index in [0.29, 0.717) is 18.0 Å². The summed E-state index contributed by atoms with van der Waals surface area (Å²) in [7, 11) is 0. The van der Waals surface area contributed by atoms with Gasteiger partial charge in [-0.15, -0.1) is 0 Å². The maximum Gasteiger partial charge on any atom is 0.220 e. The SMILES string of the molecule is O=C(CC(c1ccccc1)c1ccc(Cl)cc1)NCCN1CCOCC1. The molecule has 0 aliphatic carbocycles. The second kappa shape index (κ2) is 9.72. The van der Waals surface area contributed by atoms with Crippen LogP contribution in [-0.4, -0.2) is 50.2 Å². The topological polar surface area (TPSA) is 41.6 Å². The number of carbonyl (C=O) groups excluding carboxylic acids is 1. The molecule has 138 valence electrons. The predicted molar refractivity (Wildman–Crippen MR) is 105 cm³/mol. The Kier molecular flexibility index (Phi) is 7.06. The minimum Gasteiger partial charge on any atom is -0.379 e. The van der Waals surface area contributed by atoms with E-state index in [0.717, 1.165) is 44.0 Å². The van der Waals surface area contributed by atoms with Crippen LogP contribution in [0.4, 0.5) is 0 Å². The van der Waals surface area contributed by atoms with E-state index in [9.17, 15) is 4.79 Å². The first-order valence-electron chi connectivity index (χ1n) is 9.09. The summed E-state index contributed by atoms with van der Waals surface area (Å²) < 4.78 is 5.35. The maximum atomic E-state index is 12.5. The van der Waals surface area contributed by atoms with Crippen LogP contribution in [0, 0.1) is 0 Å². The molecule has 0 bridgehead atoms. The van der Waals surface area contributed by atoms with E-state index in [2.05, 4.69) is 22.3 Å². The number of ether oxygens (including phenoxy) is 1.